The van der Waals surface area contributed by atoms with E-state index in [0.29, 0.717) is 0 Å². The maximum absolute atomic E-state index is 7.27. The number of para-hydroxylation sites is 5. The van der Waals surface area contributed by atoms with Gasteiger partial charge < -0.3 is 23.1 Å². The van der Waals surface area contributed by atoms with Crippen LogP contribution in [-0.2, 0) is 10.8 Å². The lowest BCUT2D eigenvalue weighted by atomic mass is 9.86. The molecule has 0 spiro atoms. The van der Waals surface area contributed by atoms with Crippen molar-refractivity contribution in [1.29, 1.82) is 0 Å². The Bertz CT molecular complexity index is 4360. The molecule has 0 fully saturated rings. The fourth-order valence-electron chi connectivity index (χ4n) is 11.4. The van der Waals surface area contributed by atoms with Crippen LogP contribution in [0, 0.1) is 20.8 Å². The molecule has 0 unspecified atom stereocenters. The van der Waals surface area contributed by atoms with Gasteiger partial charge in [-0.15, -0.1) is 0 Å². The van der Waals surface area contributed by atoms with Crippen LogP contribution in [0.3, 0.4) is 0 Å². The first-order valence-corrected chi connectivity index (χ1v) is 25.2. The normalized spacial score (nSPS) is 12.5. The monoisotopic (exact) mass is 936 g/mol. The lowest BCUT2D eigenvalue weighted by Crippen LogP contribution is -2.13. The summed E-state index contributed by atoms with van der Waals surface area (Å²) < 4.78 is 21.6. The second-order valence-electron chi connectivity index (χ2n) is 21.9. The first kappa shape index (κ1) is 43.7. The molecule has 0 bridgehead atoms. The summed E-state index contributed by atoms with van der Waals surface area (Å²) in [4.78, 5) is 4.84. The maximum atomic E-state index is 7.27. The number of benzene rings is 10. The summed E-state index contributed by atoms with van der Waals surface area (Å²) in [5, 5.41) is 10.7. The summed E-state index contributed by atoms with van der Waals surface area (Å²) in [6.45, 7) is 20.1. The van der Waals surface area contributed by atoms with Crippen molar-refractivity contribution in [2.45, 2.75) is 73.1 Å². The molecule has 10 aromatic carbocycles. The van der Waals surface area contributed by atoms with Gasteiger partial charge in [0.05, 0.1) is 22.7 Å². The van der Waals surface area contributed by atoms with Gasteiger partial charge in [0.2, 0.25) is 0 Å². The second kappa shape index (κ2) is 15.9. The molecule has 352 valence electrons. The third kappa shape index (κ3) is 6.60. The number of aryl methyl sites for hydroxylation is 3. The number of hydrogen-bond acceptors (Lipinski definition) is 5. The number of nitrogens with zero attached hydrogens (tertiary/aromatic N) is 2. The van der Waals surface area contributed by atoms with Gasteiger partial charge in [-0.3, -0.25) is 0 Å². The van der Waals surface area contributed by atoms with E-state index in [9.17, 15) is 0 Å². The summed E-state index contributed by atoms with van der Waals surface area (Å²) in [7, 11) is 0. The molecule has 0 aliphatic heterocycles. The number of fused-ring (bicyclic) bond motifs is 13. The van der Waals surface area contributed by atoms with Gasteiger partial charge in [-0.25, -0.2) is 0 Å². The lowest BCUT2D eigenvalue weighted by Gasteiger charge is -2.29. The average molecular weight is 937 g/mol. The molecular weight excluding hydrogens is 881 g/mol. The van der Waals surface area contributed by atoms with Crippen LogP contribution in [0.4, 0.5) is 34.1 Å². The zero-order valence-corrected chi connectivity index (χ0v) is 42.4. The van der Waals surface area contributed by atoms with Crippen molar-refractivity contribution in [3.8, 4) is 0 Å². The minimum absolute atomic E-state index is 0.113. The smallest absolute Gasteiger partial charge is 0.159 e. The summed E-state index contributed by atoms with van der Waals surface area (Å²) in [5.74, 6) is 0. The van der Waals surface area contributed by atoms with Crippen LogP contribution in [0.15, 0.2) is 189 Å². The van der Waals surface area contributed by atoms with Crippen LogP contribution < -0.4 is 9.80 Å². The molecule has 3 aromatic heterocycles. The molecule has 3 heterocycles. The van der Waals surface area contributed by atoms with Crippen LogP contribution in [0.5, 0.6) is 0 Å². The largest absolute Gasteiger partial charge is 0.455 e. The van der Waals surface area contributed by atoms with Crippen LogP contribution in [0.25, 0.3) is 87.4 Å². The molecule has 5 heteroatoms. The van der Waals surface area contributed by atoms with Gasteiger partial charge in [-0.1, -0.05) is 181 Å². The SMILES string of the molecule is Cc1ccc(C)c(N(c2cc3c4cc(N(c5ccccc5C)c5cccc6c5oc5c(C(C)(C)C)cccc56)c5ccccc5c4oc3c3ccccc23)c2cccc3c2oc2c(C(C)(C)C)cccc23)c1. The maximum Gasteiger partial charge on any atom is 0.159 e. The highest BCUT2D eigenvalue weighted by Crippen LogP contribution is 2.52. The molecule has 0 radical (unpaired) electrons. The molecule has 5 nitrogen and oxygen atoms in total. The Hall–Kier alpha value is -8.28. The number of furan rings is 3. The molecule has 13 aromatic rings. The molecule has 0 aliphatic carbocycles. The summed E-state index contributed by atoms with van der Waals surface area (Å²) in [5.41, 5.74) is 17.0. The molecule has 0 atom stereocenters. The van der Waals surface area contributed by atoms with Crippen molar-refractivity contribution in [3.05, 3.63) is 204 Å². The highest BCUT2D eigenvalue weighted by molar-refractivity contribution is 6.26. The minimum atomic E-state index is -0.115. The minimum Gasteiger partial charge on any atom is -0.455 e. The van der Waals surface area contributed by atoms with E-state index in [1.165, 1.54) is 16.7 Å². The second-order valence-corrected chi connectivity index (χ2v) is 21.9. The Labute approximate surface area is 419 Å². The van der Waals surface area contributed by atoms with E-state index in [1.54, 1.807) is 0 Å². The fourth-order valence-corrected chi connectivity index (χ4v) is 11.4. The van der Waals surface area contributed by atoms with Gasteiger partial charge >= 0.3 is 0 Å². The van der Waals surface area contributed by atoms with Crippen molar-refractivity contribution in [2.75, 3.05) is 9.80 Å². The van der Waals surface area contributed by atoms with Crippen LogP contribution in [0.2, 0.25) is 0 Å². The Morgan fingerprint density at radius 3 is 1.12 bits per heavy atom. The first-order valence-electron chi connectivity index (χ1n) is 25.2. The fraction of sp³-hybridized carbons (Fsp3) is 0.164. The van der Waals surface area contributed by atoms with Crippen molar-refractivity contribution < 1.29 is 13.3 Å². The summed E-state index contributed by atoms with van der Waals surface area (Å²) in [6, 6.07) is 63.8. The van der Waals surface area contributed by atoms with Crippen molar-refractivity contribution in [1.82, 2.24) is 0 Å². The van der Waals surface area contributed by atoms with Gasteiger partial charge in [0.1, 0.15) is 22.3 Å². The number of anilines is 6. The van der Waals surface area contributed by atoms with Gasteiger partial charge in [0.15, 0.2) is 11.2 Å². The van der Waals surface area contributed by atoms with Crippen LogP contribution >= 0.6 is 0 Å². The van der Waals surface area contributed by atoms with E-state index < -0.39 is 0 Å². The zero-order valence-electron chi connectivity index (χ0n) is 42.4. The molecule has 0 amide bonds. The van der Waals surface area contributed by atoms with Crippen molar-refractivity contribution in [3.63, 3.8) is 0 Å². The van der Waals surface area contributed by atoms with Crippen molar-refractivity contribution >= 4 is 121 Å². The molecular formula is C67H56N2O3. The predicted octanol–water partition coefficient (Wildman–Crippen LogP) is 20.2. The number of hydrogen-bond donors (Lipinski definition) is 0. The highest BCUT2D eigenvalue weighted by atomic mass is 16.3. The molecule has 13 rings (SSSR count). The Kier molecular flexibility index (Phi) is 9.63. The molecule has 0 N–H and O–H groups in total. The first-order chi connectivity index (χ1) is 34.7. The van der Waals surface area contributed by atoms with E-state index in [4.69, 9.17) is 13.3 Å². The van der Waals surface area contributed by atoms with E-state index in [0.717, 1.165) is 133 Å². The number of rotatable bonds is 6. The van der Waals surface area contributed by atoms with Gasteiger partial charge in [0, 0.05) is 76.4 Å². The van der Waals surface area contributed by atoms with Gasteiger partial charge in [0.25, 0.3) is 0 Å². The van der Waals surface area contributed by atoms with Crippen molar-refractivity contribution in [2.24, 2.45) is 0 Å². The average Bonchev–Trinajstić information content (AvgIpc) is 4.07. The lowest BCUT2D eigenvalue weighted by molar-refractivity contribution is 0.572. The standard InChI is InChI=1S/C67H56N2O3/c1-39-34-35-41(3)57(36-39)69(56-33-19-28-49-47-26-17-30-53(67(7,8)9)63(47)72-65(49)56)59-38-51-50-37-58(42-21-11-13-23-44(42)60(50)70-61(51)45-24-14-12-22-43(45)59)68(54-31-15-10-20-40(54)2)55-32-18-27-48-46-25-16-29-52(66(4,5)6)62(46)71-64(48)55/h10-38H,1-9H3. The third-order valence-electron chi connectivity index (χ3n) is 15.0. The third-order valence-corrected chi connectivity index (χ3v) is 15.0. The zero-order chi connectivity index (χ0) is 49.4. The molecule has 0 saturated heterocycles. The summed E-state index contributed by atoms with van der Waals surface area (Å²) in [6.07, 6.45) is 0. The van der Waals surface area contributed by atoms with E-state index in [-0.39, 0.29) is 10.8 Å². The topological polar surface area (TPSA) is 45.9 Å². The Morgan fingerprint density at radius 2 is 0.639 bits per heavy atom. The molecule has 0 saturated carbocycles. The van der Waals surface area contributed by atoms with Crippen LogP contribution in [-0.4, -0.2) is 0 Å². The predicted molar refractivity (Wildman–Crippen MR) is 304 cm³/mol. The Morgan fingerprint density at radius 1 is 0.278 bits per heavy atom. The summed E-state index contributed by atoms with van der Waals surface area (Å²) >= 11 is 0. The quantitative estimate of drug-likeness (QED) is 0.166. The van der Waals surface area contributed by atoms with E-state index in [1.807, 2.05) is 0 Å². The Balaban J connectivity index is 1.14. The molecule has 72 heavy (non-hydrogen) atoms. The molecule has 0 aliphatic rings. The van der Waals surface area contributed by atoms with Gasteiger partial charge in [-0.2, -0.15) is 0 Å². The van der Waals surface area contributed by atoms with E-state index >= 15 is 0 Å². The van der Waals surface area contributed by atoms with Crippen LogP contribution in [0.1, 0.15) is 69.4 Å². The van der Waals surface area contributed by atoms with E-state index in [2.05, 4.69) is 248 Å². The highest BCUT2D eigenvalue weighted by Gasteiger charge is 2.30. The van der Waals surface area contributed by atoms with Gasteiger partial charge in [-0.05, 0) is 84.7 Å².